The summed E-state index contributed by atoms with van der Waals surface area (Å²) in [5, 5.41) is 0. The maximum atomic E-state index is 12.4. The lowest BCUT2D eigenvalue weighted by atomic mass is 10.2. The van der Waals surface area contributed by atoms with E-state index in [1.165, 1.54) is 0 Å². The minimum Gasteiger partial charge on any atom is -0.342 e. The van der Waals surface area contributed by atoms with Gasteiger partial charge in [-0.1, -0.05) is 50.1 Å². The lowest BCUT2D eigenvalue weighted by Crippen LogP contribution is -2.36. The zero-order valence-corrected chi connectivity index (χ0v) is 14.8. The molecule has 0 aliphatic carbocycles. The van der Waals surface area contributed by atoms with Gasteiger partial charge in [-0.3, -0.25) is 9.59 Å². The Balaban J connectivity index is 2.49. The van der Waals surface area contributed by atoms with Crippen molar-refractivity contribution in [2.24, 2.45) is 0 Å². The van der Waals surface area contributed by atoms with Crippen LogP contribution in [0.4, 0.5) is 0 Å². The molecule has 1 rings (SSSR count). The van der Waals surface area contributed by atoms with E-state index >= 15 is 0 Å². The van der Waals surface area contributed by atoms with Gasteiger partial charge in [0.1, 0.15) is 0 Å². The van der Waals surface area contributed by atoms with Crippen LogP contribution < -0.4 is 0 Å². The molecular weight excluding hydrogens is 288 g/mol. The topological polar surface area (TPSA) is 40.6 Å². The second-order valence-electron chi connectivity index (χ2n) is 5.86. The van der Waals surface area contributed by atoms with Crippen LogP contribution in [0.3, 0.4) is 0 Å². The Bertz CT molecular complexity index is 474. The second kappa shape index (κ2) is 10.8. The highest BCUT2D eigenvalue weighted by molar-refractivity contribution is 5.78. The molecule has 0 bridgehead atoms. The van der Waals surface area contributed by atoms with Crippen molar-refractivity contribution in [2.75, 3.05) is 19.6 Å². The Hall–Kier alpha value is -1.84. The van der Waals surface area contributed by atoms with Crippen LogP contribution in [0.1, 0.15) is 52.0 Å². The lowest BCUT2D eigenvalue weighted by molar-refractivity contribution is -0.133. The summed E-state index contributed by atoms with van der Waals surface area (Å²) >= 11 is 0. The van der Waals surface area contributed by atoms with Gasteiger partial charge < -0.3 is 9.80 Å². The van der Waals surface area contributed by atoms with Crippen LogP contribution in [0.5, 0.6) is 0 Å². The first kappa shape index (κ1) is 19.2. The average molecular weight is 318 g/mol. The molecule has 0 saturated carbocycles. The highest BCUT2D eigenvalue weighted by Gasteiger charge is 2.15. The first-order valence-corrected chi connectivity index (χ1v) is 8.65. The van der Waals surface area contributed by atoms with E-state index in [4.69, 9.17) is 0 Å². The molecule has 0 atom stereocenters. The van der Waals surface area contributed by atoms with Crippen molar-refractivity contribution in [3.63, 3.8) is 0 Å². The molecule has 2 amide bonds. The van der Waals surface area contributed by atoms with Gasteiger partial charge in [-0.25, -0.2) is 0 Å². The number of carbonyl (C=O) groups is 2. The molecule has 0 radical (unpaired) electrons. The molecule has 0 aliphatic heterocycles. The average Bonchev–Trinajstić information content (AvgIpc) is 2.56. The van der Waals surface area contributed by atoms with Gasteiger partial charge >= 0.3 is 0 Å². The molecule has 0 aromatic heterocycles. The number of amides is 2. The Labute approximate surface area is 140 Å². The summed E-state index contributed by atoms with van der Waals surface area (Å²) in [6.45, 7) is 8.30. The fraction of sp³-hybridized carbons (Fsp3) is 0.579. The van der Waals surface area contributed by atoms with Crippen molar-refractivity contribution in [1.82, 2.24) is 9.80 Å². The number of rotatable bonds is 10. The van der Waals surface area contributed by atoms with E-state index < -0.39 is 0 Å². The molecule has 1 aromatic carbocycles. The third kappa shape index (κ3) is 7.31. The molecule has 0 fully saturated rings. The number of hydrogen-bond donors (Lipinski definition) is 0. The summed E-state index contributed by atoms with van der Waals surface area (Å²) in [6, 6.07) is 10.0. The highest BCUT2D eigenvalue weighted by atomic mass is 16.2. The van der Waals surface area contributed by atoms with Crippen molar-refractivity contribution in [3.05, 3.63) is 35.9 Å². The third-order valence-corrected chi connectivity index (χ3v) is 4.02. The first-order chi connectivity index (χ1) is 11.1. The van der Waals surface area contributed by atoms with E-state index in [2.05, 4.69) is 6.92 Å². The first-order valence-electron chi connectivity index (χ1n) is 8.65. The number of carbonyl (C=O) groups excluding carboxylic acids is 2. The van der Waals surface area contributed by atoms with Crippen molar-refractivity contribution >= 4 is 11.8 Å². The minimum atomic E-state index is 0.0556. The quantitative estimate of drug-likeness (QED) is 0.620. The summed E-state index contributed by atoms with van der Waals surface area (Å²) < 4.78 is 0. The zero-order chi connectivity index (χ0) is 17.1. The van der Waals surface area contributed by atoms with Gasteiger partial charge in [0.15, 0.2) is 0 Å². The monoisotopic (exact) mass is 318 g/mol. The maximum absolute atomic E-state index is 12.4. The number of benzene rings is 1. The Morgan fingerprint density at radius 1 is 0.957 bits per heavy atom. The molecule has 0 heterocycles. The largest absolute Gasteiger partial charge is 0.342 e. The molecule has 0 unspecified atom stereocenters. The van der Waals surface area contributed by atoms with Gasteiger partial charge in [0.25, 0.3) is 0 Å². The minimum absolute atomic E-state index is 0.0556. The van der Waals surface area contributed by atoms with E-state index in [1.54, 1.807) is 11.8 Å². The second-order valence-corrected chi connectivity index (χ2v) is 5.86. The summed E-state index contributed by atoms with van der Waals surface area (Å²) in [5.41, 5.74) is 1.13. The fourth-order valence-corrected chi connectivity index (χ4v) is 2.55. The van der Waals surface area contributed by atoms with Gasteiger partial charge in [-0.15, -0.1) is 0 Å². The molecule has 0 spiro atoms. The lowest BCUT2D eigenvalue weighted by Gasteiger charge is -2.24. The molecule has 4 nitrogen and oxygen atoms in total. The Morgan fingerprint density at radius 2 is 1.65 bits per heavy atom. The van der Waals surface area contributed by atoms with Gasteiger partial charge in [0.05, 0.1) is 0 Å². The van der Waals surface area contributed by atoms with Crippen molar-refractivity contribution in [1.29, 1.82) is 0 Å². The van der Waals surface area contributed by atoms with Crippen molar-refractivity contribution < 1.29 is 9.59 Å². The van der Waals surface area contributed by atoms with Crippen LogP contribution in [0, 0.1) is 0 Å². The van der Waals surface area contributed by atoms with E-state index in [1.807, 2.05) is 42.2 Å². The van der Waals surface area contributed by atoms with E-state index in [0.29, 0.717) is 26.1 Å². The smallest absolute Gasteiger partial charge is 0.224 e. The molecule has 0 aliphatic rings. The van der Waals surface area contributed by atoms with Crippen LogP contribution in [-0.2, 0) is 16.1 Å². The summed E-state index contributed by atoms with van der Waals surface area (Å²) in [6.07, 6.45) is 3.65. The van der Waals surface area contributed by atoms with Crippen LogP contribution in [-0.4, -0.2) is 41.2 Å². The van der Waals surface area contributed by atoms with Crippen LogP contribution in [0.15, 0.2) is 30.3 Å². The van der Waals surface area contributed by atoms with Crippen LogP contribution >= 0.6 is 0 Å². The Morgan fingerprint density at radius 3 is 2.22 bits per heavy atom. The molecule has 1 aromatic rings. The summed E-state index contributed by atoms with van der Waals surface area (Å²) in [4.78, 5) is 27.7. The number of unbranched alkanes of at least 4 members (excludes halogenated alkanes) is 2. The van der Waals surface area contributed by atoms with E-state index in [-0.39, 0.29) is 11.8 Å². The zero-order valence-electron chi connectivity index (χ0n) is 14.8. The van der Waals surface area contributed by atoms with Crippen molar-refractivity contribution in [3.8, 4) is 0 Å². The van der Waals surface area contributed by atoms with E-state index in [0.717, 1.165) is 31.4 Å². The highest BCUT2D eigenvalue weighted by Crippen LogP contribution is 2.07. The molecule has 4 heteroatoms. The van der Waals surface area contributed by atoms with Crippen LogP contribution in [0.2, 0.25) is 0 Å². The molecule has 128 valence electrons. The van der Waals surface area contributed by atoms with Gasteiger partial charge in [-0.05, 0) is 18.9 Å². The normalized spacial score (nSPS) is 10.4. The predicted octanol–water partition coefficient (Wildman–Crippen LogP) is 3.46. The molecular formula is C19H30N2O2. The number of nitrogens with zero attached hydrogens (tertiary/aromatic N) is 2. The summed E-state index contributed by atoms with van der Waals surface area (Å²) in [5.74, 6) is 0.165. The summed E-state index contributed by atoms with van der Waals surface area (Å²) in [7, 11) is 0. The van der Waals surface area contributed by atoms with Gasteiger partial charge in [0, 0.05) is 39.5 Å². The number of hydrogen-bond acceptors (Lipinski definition) is 2. The fourth-order valence-electron chi connectivity index (χ4n) is 2.55. The SMILES string of the molecule is CCCCCN(CCC(=O)N(CC)Cc1ccccc1)C(C)=O. The predicted molar refractivity (Wildman–Crippen MR) is 93.9 cm³/mol. The van der Waals surface area contributed by atoms with Crippen molar-refractivity contribution in [2.45, 2.75) is 53.0 Å². The standard InChI is InChI=1S/C19H30N2O2/c1-4-6-10-14-21(17(3)22)15-13-19(23)20(5-2)16-18-11-8-7-9-12-18/h7-9,11-12H,4-6,10,13-16H2,1-3H3. The van der Waals surface area contributed by atoms with Gasteiger partial charge in [-0.2, -0.15) is 0 Å². The molecule has 0 N–H and O–H groups in total. The molecule has 23 heavy (non-hydrogen) atoms. The third-order valence-electron chi connectivity index (χ3n) is 4.02. The Kier molecular flexibility index (Phi) is 9.03. The molecule has 0 saturated heterocycles. The van der Waals surface area contributed by atoms with E-state index in [9.17, 15) is 9.59 Å². The van der Waals surface area contributed by atoms with Crippen LogP contribution in [0.25, 0.3) is 0 Å². The van der Waals surface area contributed by atoms with Gasteiger partial charge in [0.2, 0.25) is 11.8 Å². The maximum Gasteiger partial charge on any atom is 0.224 e.